The van der Waals surface area contributed by atoms with Crippen molar-refractivity contribution in [1.82, 2.24) is 5.32 Å². The van der Waals surface area contributed by atoms with Crippen LogP contribution in [0.2, 0.25) is 0 Å². The normalized spacial score (nSPS) is 12.4. The Morgan fingerprint density at radius 1 is 1.62 bits per heavy atom. The summed E-state index contributed by atoms with van der Waals surface area (Å²) < 4.78 is 0. The molecule has 0 saturated heterocycles. The molecule has 90 valence electrons. The molecule has 0 fully saturated rings. The molecule has 4 heteroatoms. The van der Waals surface area contributed by atoms with Crippen LogP contribution in [0.5, 0.6) is 0 Å². The van der Waals surface area contributed by atoms with Gasteiger partial charge in [-0.25, -0.2) is 0 Å². The molecule has 1 heterocycles. The summed E-state index contributed by atoms with van der Waals surface area (Å²) >= 11 is 1.73. The van der Waals surface area contributed by atoms with E-state index in [9.17, 15) is 4.79 Å². The van der Waals surface area contributed by atoms with Gasteiger partial charge < -0.3 is 11.1 Å². The summed E-state index contributed by atoms with van der Waals surface area (Å²) in [5.74, 6) is 0.569. The maximum Gasteiger partial charge on any atom is 0.220 e. The summed E-state index contributed by atoms with van der Waals surface area (Å²) in [4.78, 5) is 12.8. The van der Waals surface area contributed by atoms with Gasteiger partial charge in [0.15, 0.2) is 0 Å². The highest BCUT2D eigenvalue weighted by atomic mass is 32.1. The lowest BCUT2D eigenvalue weighted by Crippen LogP contribution is -2.26. The number of nitrogens with two attached hydrogens (primary N) is 1. The molecular weight excluding hydrogens is 220 g/mol. The largest absolute Gasteiger partial charge is 0.356 e. The van der Waals surface area contributed by atoms with E-state index in [-0.39, 0.29) is 5.91 Å². The molecule has 0 aliphatic heterocycles. The fourth-order valence-electron chi connectivity index (χ4n) is 1.36. The third-order valence-corrected chi connectivity index (χ3v) is 3.48. The Labute approximate surface area is 101 Å². The van der Waals surface area contributed by atoms with E-state index in [2.05, 4.69) is 23.7 Å². The molecule has 0 spiro atoms. The van der Waals surface area contributed by atoms with Gasteiger partial charge in [0.1, 0.15) is 0 Å². The van der Waals surface area contributed by atoms with Gasteiger partial charge in [-0.05, 0) is 36.8 Å². The molecule has 0 aliphatic carbocycles. The lowest BCUT2D eigenvalue weighted by molar-refractivity contribution is -0.121. The molecular formula is C12H20N2OS. The van der Waals surface area contributed by atoms with Crippen LogP contribution in [-0.2, 0) is 11.2 Å². The van der Waals surface area contributed by atoms with Crippen LogP contribution in [0.25, 0.3) is 0 Å². The standard InChI is InChI=1S/C12H20N2OS/c1-10(9-13)4-5-12(15)14-7-6-11-3-2-8-16-11/h2-3,8,10H,4-7,9,13H2,1H3,(H,14,15). The van der Waals surface area contributed by atoms with Gasteiger partial charge in [-0.2, -0.15) is 0 Å². The van der Waals surface area contributed by atoms with Crippen molar-refractivity contribution in [3.8, 4) is 0 Å². The molecule has 1 atom stereocenters. The van der Waals surface area contributed by atoms with Gasteiger partial charge >= 0.3 is 0 Å². The summed E-state index contributed by atoms with van der Waals surface area (Å²) in [7, 11) is 0. The lowest BCUT2D eigenvalue weighted by atomic mass is 10.1. The monoisotopic (exact) mass is 240 g/mol. The first-order chi connectivity index (χ1) is 7.72. The van der Waals surface area contributed by atoms with E-state index >= 15 is 0 Å². The van der Waals surface area contributed by atoms with E-state index in [0.29, 0.717) is 18.9 Å². The molecule has 1 rings (SSSR count). The molecule has 1 amide bonds. The minimum Gasteiger partial charge on any atom is -0.356 e. The second-order valence-corrected chi connectivity index (χ2v) is 5.09. The maximum atomic E-state index is 11.4. The van der Waals surface area contributed by atoms with Crippen LogP contribution in [0.4, 0.5) is 0 Å². The number of nitrogens with one attached hydrogen (secondary N) is 1. The van der Waals surface area contributed by atoms with Crippen molar-refractivity contribution in [3.05, 3.63) is 22.4 Å². The third kappa shape index (κ3) is 5.28. The van der Waals surface area contributed by atoms with Crippen molar-refractivity contribution in [2.24, 2.45) is 11.7 Å². The number of thiophene rings is 1. The fourth-order valence-corrected chi connectivity index (χ4v) is 2.07. The minimum atomic E-state index is 0.136. The topological polar surface area (TPSA) is 55.1 Å². The average Bonchev–Trinajstić information content (AvgIpc) is 2.79. The number of carbonyl (C=O) groups excluding carboxylic acids is 1. The highest BCUT2D eigenvalue weighted by molar-refractivity contribution is 7.09. The molecule has 0 aromatic carbocycles. The Balaban J connectivity index is 2.06. The van der Waals surface area contributed by atoms with Gasteiger partial charge in [0.25, 0.3) is 0 Å². The van der Waals surface area contributed by atoms with Crippen molar-refractivity contribution in [2.75, 3.05) is 13.1 Å². The van der Waals surface area contributed by atoms with Crippen molar-refractivity contribution >= 4 is 17.2 Å². The zero-order valence-corrected chi connectivity index (χ0v) is 10.6. The molecule has 16 heavy (non-hydrogen) atoms. The molecule has 0 radical (unpaired) electrons. The molecule has 1 aromatic rings. The number of rotatable bonds is 7. The van der Waals surface area contributed by atoms with Gasteiger partial charge in [0, 0.05) is 17.8 Å². The van der Waals surface area contributed by atoms with Gasteiger partial charge in [0.2, 0.25) is 5.91 Å². The second-order valence-electron chi connectivity index (χ2n) is 4.06. The zero-order valence-electron chi connectivity index (χ0n) is 9.74. The Bertz CT molecular complexity index is 298. The van der Waals surface area contributed by atoms with Crippen LogP contribution < -0.4 is 11.1 Å². The van der Waals surface area contributed by atoms with Gasteiger partial charge in [-0.15, -0.1) is 11.3 Å². The zero-order chi connectivity index (χ0) is 11.8. The first-order valence-electron chi connectivity index (χ1n) is 5.71. The Kier molecular flexibility index (Phi) is 6.11. The van der Waals surface area contributed by atoms with E-state index in [4.69, 9.17) is 5.73 Å². The van der Waals surface area contributed by atoms with Crippen LogP contribution in [0.15, 0.2) is 17.5 Å². The molecule has 1 unspecified atom stereocenters. The van der Waals surface area contributed by atoms with E-state index in [0.717, 1.165) is 19.4 Å². The van der Waals surface area contributed by atoms with Crippen LogP contribution in [-0.4, -0.2) is 19.0 Å². The van der Waals surface area contributed by atoms with Crippen LogP contribution in [0, 0.1) is 5.92 Å². The number of carbonyl (C=O) groups is 1. The molecule has 0 bridgehead atoms. The molecule has 3 N–H and O–H groups in total. The van der Waals surface area contributed by atoms with Crippen LogP contribution >= 0.6 is 11.3 Å². The van der Waals surface area contributed by atoms with E-state index < -0.39 is 0 Å². The van der Waals surface area contributed by atoms with Gasteiger partial charge in [0.05, 0.1) is 0 Å². The minimum absolute atomic E-state index is 0.136. The predicted octanol–water partition coefficient (Wildman–Crippen LogP) is 1.78. The lowest BCUT2D eigenvalue weighted by Gasteiger charge is -2.08. The van der Waals surface area contributed by atoms with Crippen molar-refractivity contribution in [1.29, 1.82) is 0 Å². The van der Waals surface area contributed by atoms with Gasteiger partial charge in [-0.3, -0.25) is 4.79 Å². The molecule has 3 nitrogen and oxygen atoms in total. The molecule has 1 aromatic heterocycles. The highest BCUT2D eigenvalue weighted by Gasteiger charge is 2.04. The van der Waals surface area contributed by atoms with E-state index in [1.165, 1.54) is 4.88 Å². The van der Waals surface area contributed by atoms with Gasteiger partial charge in [-0.1, -0.05) is 13.0 Å². The predicted molar refractivity (Wildman–Crippen MR) is 68.5 cm³/mol. The van der Waals surface area contributed by atoms with Crippen molar-refractivity contribution in [3.63, 3.8) is 0 Å². The summed E-state index contributed by atoms with van der Waals surface area (Å²) in [6.45, 7) is 3.46. The third-order valence-electron chi connectivity index (χ3n) is 2.54. The smallest absolute Gasteiger partial charge is 0.220 e. The summed E-state index contributed by atoms with van der Waals surface area (Å²) in [5.41, 5.74) is 5.49. The van der Waals surface area contributed by atoms with Crippen LogP contribution in [0.1, 0.15) is 24.6 Å². The van der Waals surface area contributed by atoms with E-state index in [1.54, 1.807) is 11.3 Å². The maximum absolute atomic E-state index is 11.4. The first kappa shape index (κ1) is 13.2. The fraction of sp³-hybridized carbons (Fsp3) is 0.583. The Morgan fingerprint density at radius 2 is 2.44 bits per heavy atom. The van der Waals surface area contributed by atoms with Crippen molar-refractivity contribution < 1.29 is 4.79 Å². The number of hydrogen-bond donors (Lipinski definition) is 2. The SMILES string of the molecule is CC(CN)CCC(=O)NCCc1cccs1. The quantitative estimate of drug-likeness (QED) is 0.763. The Hall–Kier alpha value is -0.870. The number of hydrogen-bond acceptors (Lipinski definition) is 3. The molecule has 0 aliphatic rings. The molecule has 0 saturated carbocycles. The van der Waals surface area contributed by atoms with E-state index in [1.807, 2.05) is 6.07 Å². The highest BCUT2D eigenvalue weighted by Crippen LogP contribution is 2.08. The van der Waals surface area contributed by atoms with Crippen molar-refractivity contribution in [2.45, 2.75) is 26.2 Å². The Morgan fingerprint density at radius 3 is 3.06 bits per heavy atom. The summed E-state index contributed by atoms with van der Waals surface area (Å²) in [5, 5.41) is 4.98. The second kappa shape index (κ2) is 7.41. The van der Waals surface area contributed by atoms with Crippen LogP contribution in [0.3, 0.4) is 0 Å². The average molecular weight is 240 g/mol. The number of amides is 1. The summed E-state index contributed by atoms with van der Waals surface area (Å²) in [6, 6.07) is 4.12. The summed E-state index contributed by atoms with van der Waals surface area (Å²) in [6.07, 6.45) is 2.39. The first-order valence-corrected chi connectivity index (χ1v) is 6.59.